The van der Waals surface area contributed by atoms with E-state index in [2.05, 4.69) is 15.3 Å². The standard InChI is InChI=1S/C15H25N5O3S/c1-4-20(12-6-10-24(22,23)11-12)14(21)13-5-7-16-15(18-13)17-8-9-19(2)3/h5,7,12H,4,6,8-11H2,1-3H3,(H,16,17,18). The average Bonchev–Trinajstić information content (AvgIpc) is 2.88. The van der Waals surface area contributed by atoms with Gasteiger partial charge < -0.3 is 15.1 Å². The van der Waals surface area contributed by atoms with E-state index in [0.717, 1.165) is 6.54 Å². The molecule has 1 fully saturated rings. The van der Waals surface area contributed by atoms with E-state index in [1.54, 1.807) is 11.0 Å². The largest absolute Gasteiger partial charge is 0.353 e. The molecule has 8 nitrogen and oxygen atoms in total. The highest BCUT2D eigenvalue weighted by Crippen LogP contribution is 2.19. The van der Waals surface area contributed by atoms with Gasteiger partial charge in [0.25, 0.3) is 5.91 Å². The fourth-order valence-corrected chi connectivity index (χ4v) is 4.42. The van der Waals surface area contributed by atoms with Crippen LogP contribution in [0.2, 0.25) is 0 Å². The molecule has 2 heterocycles. The normalized spacial score (nSPS) is 19.4. The minimum Gasteiger partial charge on any atom is -0.353 e. The number of sulfone groups is 1. The number of nitrogens with zero attached hydrogens (tertiary/aromatic N) is 4. The molecule has 0 bridgehead atoms. The Balaban J connectivity index is 2.07. The maximum Gasteiger partial charge on any atom is 0.272 e. The third kappa shape index (κ3) is 4.88. The fourth-order valence-electron chi connectivity index (χ4n) is 2.69. The van der Waals surface area contributed by atoms with Crippen molar-refractivity contribution in [3.05, 3.63) is 18.0 Å². The van der Waals surface area contributed by atoms with Gasteiger partial charge in [0, 0.05) is 31.9 Å². The molecule has 1 aromatic rings. The Morgan fingerprint density at radius 3 is 2.75 bits per heavy atom. The van der Waals surface area contributed by atoms with E-state index >= 15 is 0 Å². The van der Waals surface area contributed by atoms with Crippen LogP contribution in [0.5, 0.6) is 0 Å². The van der Waals surface area contributed by atoms with Crippen LogP contribution in [-0.4, -0.2) is 85.4 Å². The molecule has 134 valence electrons. The van der Waals surface area contributed by atoms with Crippen molar-refractivity contribution >= 4 is 21.7 Å². The third-order valence-electron chi connectivity index (χ3n) is 3.97. The summed E-state index contributed by atoms with van der Waals surface area (Å²) in [7, 11) is 0.901. The number of aromatic nitrogens is 2. The monoisotopic (exact) mass is 355 g/mol. The van der Waals surface area contributed by atoms with Gasteiger partial charge in [0.15, 0.2) is 9.84 Å². The van der Waals surface area contributed by atoms with Crippen LogP contribution in [0, 0.1) is 0 Å². The van der Waals surface area contributed by atoms with Crippen LogP contribution in [0.25, 0.3) is 0 Å². The molecular formula is C15H25N5O3S. The highest BCUT2D eigenvalue weighted by molar-refractivity contribution is 7.91. The summed E-state index contributed by atoms with van der Waals surface area (Å²) in [5.74, 6) is 0.323. The number of nitrogens with one attached hydrogen (secondary N) is 1. The van der Waals surface area contributed by atoms with Crippen molar-refractivity contribution in [3.63, 3.8) is 0 Å². The summed E-state index contributed by atoms with van der Waals surface area (Å²) in [6.45, 7) is 3.79. The lowest BCUT2D eigenvalue weighted by atomic mass is 10.2. The van der Waals surface area contributed by atoms with Crippen LogP contribution in [0.4, 0.5) is 5.95 Å². The Morgan fingerprint density at radius 2 is 2.17 bits per heavy atom. The van der Waals surface area contributed by atoms with Crippen molar-refractivity contribution in [3.8, 4) is 0 Å². The van der Waals surface area contributed by atoms with Crippen molar-refractivity contribution in [2.24, 2.45) is 0 Å². The topological polar surface area (TPSA) is 95.5 Å². The van der Waals surface area contributed by atoms with Gasteiger partial charge in [0.05, 0.1) is 11.5 Å². The summed E-state index contributed by atoms with van der Waals surface area (Å²) in [4.78, 5) is 24.7. The lowest BCUT2D eigenvalue weighted by Gasteiger charge is -2.26. The van der Waals surface area contributed by atoms with Gasteiger partial charge in [0.2, 0.25) is 5.95 Å². The van der Waals surface area contributed by atoms with E-state index in [9.17, 15) is 13.2 Å². The summed E-state index contributed by atoms with van der Waals surface area (Å²) in [5.41, 5.74) is 0.281. The molecule has 1 amide bonds. The van der Waals surface area contributed by atoms with Crippen LogP contribution in [-0.2, 0) is 9.84 Å². The van der Waals surface area contributed by atoms with Crippen molar-refractivity contribution in [1.82, 2.24) is 19.8 Å². The maximum absolute atomic E-state index is 12.7. The van der Waals surface area contributed by atoms with Crippen molar-refractivity contribution < 1.29 is 13.2 Å². The second-order valence-corrected chi connectivity index (χ2v) is 8.37. The molecule has 0 radical (unpaired) electrons. The highest BCUT2D eigenvalue weighted by atomic mass is 32.2. The van der Waals surface area contributed by atoms with Crippen LogP contribution < -0.4 is 5.32 Å². The third-order valence-corrected chi connectivity index (χ3v) is 5.72. The zero-order chi connectivity index (χ0) is 17.7. The molecule has 24 heavy (non-hydrogen) atoms. The summed E-state index contributed by atoms with van der Waals surface area (Å²) in [5, 5.41) is 3.08. The summed E-state index contributed by atoms with van der Waals surface area (Å²) < 4.78 is 23.3. The first-order valence-corrected chi connectivity index (χ1v) is 9.87. The van der Waals surface area contributed by atoms with E-state index in [-0.39, 0.29) is 29.1 Å². The van der Waals surface area contributed by atoms with Crippen LogP contribution in [0.1, 0.15) is 23.8 Å². The zero-order valence-corrected chi connectivity index (χ0v) is 15.2. The van der Waals surface area contributed by atoms with E-state index < -0.39 is 9.84 Å². The fraction of sp³-hybridized carbons (Fsp3) is 0.667. The predicted octanol–water partition coefficient (Wildman–Crippen LogP) is 0.0993. The Bertz CT molecular complexity index is 677. The SMILES string of the molecule is CCN(C(=O)c1ccnc(NCCN(C)C)n1)C1CCS(=O)(=O)C1. The number of carbonyl (C=O) groups excluding carboxylic acids is 1. The number of carbonyl (C=O) groups is 1. The molecule has 0 aliphatic carbocycles. The van der Waals surface area contributed by atoms with Crippen LogP contribution in [0.3, 0.4) is 0 Å². The van der Waals surface area contributed by atoms with Gasteiger partial charge in [-0.05, 0) is 33.5 Å². The first-order chi connectivity index (χ1) is 11.3. The van der Waals surface area contributed by atoms with Gasteiger partial charge in [-0.25, -0.2) is 18.4 Å². The molecular weight excluding hydrogens is 330 g/mol. The molecule has 9 heteroatoms. The van der Waals surface area contributed by atoms with Crippen molar-refractivity contribution in [2.45, 2.75) is 19.4 Å². The molecule has 1 unspecified atom stereocenters. The van der Waals surface area contributed by atoms with Gasteiger partial charge in [-0.2, -0.15) is 0 Å². The van der Waals surface area contributed by atoms with E-state index in [1.807, 2.05) is 25.9 Å². The smallest absolute Gasteiger partial charge is 0.272 e. The van der Waals surface area contributed by atoms with E-state index in [1.165, 1.54) is 6.20 Å². The molecule has 0 aromatic carbocycles. The van der Waals surface area contributed by atoms with Crippen LogP contribution in [0.15, 0.2) is 12.3 Å². The van der Waals surface area contributed by atoms with Gasteiger partial charge in [-0.15, -0.1) is 0 Å². The minimum atomic E-state index is -3.04. The maximum atomic E-state index is 12.7. The molecule has 1 aromatic heterocycles. The average molecular weight is 355 g/mol. The first kappa shape index (κ1) is 18.6. The second-order valence-electron chi connectivity index (χ2n) is 6.14. The molecule has 0 spiro atoms. The van der Waals surface area contributed by atoms with Crippen LogP contribution >= 0.6 is 0 Å². The summed E-state index contributed by atoms with van der Waals surface area (Å²) in [6.07, 6.45) is 2.03. The van der Waals surface area contributed by atoms with Gasteiger partial charge in [-0.1, -0.05) is 0 Å². The Labute approximate surface area is 143 Å². The Hall–Kier alpha value is -1.74. The second kappa shape index (κ2) is 7.89. The number of hydrogen-bond donors (Lipinski definition) is 1. The molecule has 1 aliphatic heterocycles. The van der Waals surface area contributed by atoms with Gasteiger partial charge >= 0.3 is 0 Å². The number of rotatable bonds is 7. The van der Waals surface area contributed by atoms with E-state index in [4.69, 9.17) is 0 Å². The van der Waals surface area contributed by atoms with Crippen molar-refractivity contribution in [1.29, 1.82) is 0 Å². The molecule has 1 saturated heterocycles. The first-order valence-electron chi connectivity index (χ1n) is 8.05. The highest BCUT2D eigenvalue weighted by Gasteiger charge is 2.34. The zero-order valence-electron chi connectivity index (χ0n) is 14.4. The van der Waals surface area contributed by atoms with Gasteiger partial charge in [-0.3, -0.25) is 4.79 Å². The summed E-state index contributed by atoms with van der Waals surface area (Å²) >= 11 is 0. The number of likely N-dealkylation sites (N-methyl/N-ethyl adjacent to an activating group) is 1. The number of anilines is 1. The molecule has 1 atom stereocenters. The van der Waals surface area contributed by atoms with Gasteiger partial charge in [0.1, 0.15) is 5.69 Å². The summed E-state index contributed by atoms with van der Waals surface area (Å²) in [6, 6.07) is 1.29. The molecule has 1 N–H and O–H groups in total. The predicted molar refractivity (Wildman–Crippen MR) is 92.8 cm³/mol. The minimum absolute atomic E-state index is 0.0333. The van der Waals surface area contributed by atoms with E-state index in [0.29, 0.717) is 25.5 Å². The Morgan fingerprint density at radius 1 is 1.42 bits per heavy atom. The van der Waals surface area contributed by atoms with Crippen molar-refractivity contribution in [2.75, 3.05) is 50.6 Å². The number of amides is 1. The Kier molecular flexibility index (Phi) is 6.11. The number of hydrogen-bond acceptors (Lipinski definition) is 7. The quantitative estimate of drug-likeness (QED) is 0.741. The molecule has 1 aliphatic rings. The lowest BCUT2D eigenvalue weighted by Crippen LogP contribution is -2.41. The lowest BCUT2D eigenvalue weighted by molar-refractivity contribution is 0.0702. The molecule has 0 saturated carbocycles. The molecule has 2 rings (SSSR count).